The van der Waals surface area contributed by atoms with Gasteiger partial charge in [0.15, 0.2) is 0 Å². The van der Waals surface area contributed by atoms with Crippen LogP contribution in [0.3, 0.4) is 0 Å². The van der Waals surface area contributed by atoms with Crippen LogP contribution in [0.25, 0.3) is 0 Å². The van der Waals surface area contributed by atoms with Gasteiger partial charge in [0.2, 0.25) is 5.91 Å². The Kier molecular flexibility index (Phi) is 14.2. The normalized spacial score (nSPS) is 12.8. The Morgan fingerprint density at radius 1 is 0.880 bits per heavy atom. The highest BCUT2D eigenvalue weighted by Gasteiger charge is 2.16. The van der Waals surface area contributed by atoms with Crippen LogP contribution < -0.4 is 5.32 Å². The number of carbonyl (C=O) groups is 2. The monoisotopic (exact) mass is 375 g/mol. The molecule has 1 N–H and O–H groups in total. The zero-order valence-electron chi connectivity index (χ0n) is 16.8. The van der Waals surface area contributed by atoms with E-state index in [0.717, 1.165) is 5.75 Å². The predicted molar refractivity (Wildman–Crippen MR) is 105 cm³/mol. The minimum Gasteiger partial charge on any atom is -0.379 e. The first-order valence-corrected chi connectivity index (χ1v) is 10.4. The van der Waals surface area contributed by atoms with Gasteiger partial charge in [-0.25, -0.2) is 0 Å². The molecule has 0 aromatic rings. The largest absolute Gasteiger partial charge is 0.379 e. The van der Waals surface area contributed by atoms with Crippen LogP contribution in [0.4, 0.5) is 0 Å². The predicted octanol–water partition coefficient (Wildman–Crippen LogP) is 3.31. The van der Waals surface area contributed by atoms with Crippen molar-refractivity contribution in [2.75, 3.05) is 32.2 Å². The second-order valence-corrected chi connectivity index (χ2v) is 8.76. The minimum absolute atomic E-state index is 0.0338. The van der Waals surface area contributed by atoms with Gasteiger partial charge in [-0.15, -0.1) is 0 Å². The van der Waals surface area contributed by atoms with Gasteiger partial charge in [-0.3, -0.25) is 9.59 Å². The van der Waals surface area contributed by atoms with Crippen LogP contribution in [0.1, 0.15) is 54.4 Å². The third kappa shape index (κ3) is 14.3. The molecule has 0 saturated carbocycles. The second kappa shape index (κ2) is 14.6. The number of ether oxygens (including phenoxy) is 2. The Morgan fingerprint density at radius 3 is 1.92 bits per heavy atom. The standard InChI is InChI=1S/C19H37NO4S/c1-14(2)17(13-25-16(5)6)20-19(22)8-10-24-12-11-23-9-7-18(21)15(3)4/h14-17H,7-13H2,1-6H3,(H,20,22). The first-order chi connectivity index (χ1) is 11.7. The molecular formula is C19H37NO4S. The number of hydrogen-bond donors (Lipinski definition) is 1. The molecule has 0 aliphatic carbocycles. The molecule has 0 aliphatic heterocycles. The van der Waals surface area contributed by atoms with E-state index in [1.54, 1.807) is 0 Å². The van der Waals surface area contributed by atoms with Gasteiger partial charge in [-0.2, -0.15) is 11.8 Å². The number of Topliss-reactive ketones (excluding diaryl/α,β-unsaturated/α-hetero) is 1. The summed E-state index contributed by atoms with van der Waals surface area (Å²) in [6, 6.07) is 0.196. The highest BCUT2D eigenvalue weighted by Crippen LogP contribution is 2.15. The summed E-state index contributed by atoms with van der Waals surface area (Å²) in [4.78, 5) is 23.4. The Morgan fingerprint density at radius 2 is 1.44 bits per heavy atom. The highest BCUT2D eigenvalue weighted by atomic mass is 32.2. The molecule has 5 nitrogen and oxygen atoms in total. The van der Waals surface area contributed by atoms with Crippen molar-refractivity contribution in [2.45, 2.75) is 65.7 Å². The van der Waals surface area contributed by atoms with E-state index in [0.29, 0.717) is 50.4 Å². The van der Waals surface area contributed by atoms with E-state index in [4.69, 9.17) is 9.47 Å². The van der Waals surface area contributed by atoms with Crippen molar-refractivity contribution in [1.29, 1.82) is 0 Å². The number of ketones is 1. The van der Waals surface area contributed by atoms with Crippen LogP contribution in [0.5, 0.6) is 0 Å². The molecule has 0 spiro atoms. The molecule has 1 atom stereocenters. The SMILES string of the molecule is CC(C)SCC(NC(=O)CCOCCOCCC(=O)C(C)C)C(C)C. The first kappa shape index (κ1) is 24.4. The number of amides is 1. The lowest BCUT2D eigenvalue weighted by molar-refractivity contribution is -0.124. The maximum atomic E-state index is 12.0. The van der Waals surface area contributed by atoms with Gasteiger partial charge >= 0.3 is 0 Å². The lowest BCUT2D eigenvalue weighted by Gasteiger charge is -2.23. The van der Waals surface area contributed by atoms with Crippen molar-refractivity contribution in [3.63, 3.8) is 0 Å². The molecule has 0 aliphatic rings. The van der Waals surface area contributed by atoms with Crippen LogP contribution in [0.15, 0.2) is 0 Å². The summed E-state index contributed by atoms with van der Waals surface area (Å²) < 4.78 is 10.8. The second-order valence-electron chi connectivity index (χ2n) is 7.15. The van der Waals surface area contributed by atoms with Crippen molar-refractivity contribution in [3.8, 4) is 0 Å². The Bertz CT molecular complexity index is 372. The van der Waals surface area contributed by atoms with Gasteiger partial charge in [0.05, 0.1) is 26.4 Å². The van der Waals surface area contributed by atoms with E-state index in [1.807, 2.05) is 25.6 Å². The van der Waals surface area contributed by atoms with Crippen LogP contribution in [-0.4, -0.2) is 55.2 Å². The maximum Gasteiger partial charge on any atom is 0.222 e. The molecular weight excluding hydrogens is 338 g/mol. The minimum atomic E-state index is 0.0338. The summed E-state index contributed by atoms with van der Waals surface area (Å²) in [7, 11) is 0. The lowest BCUT2D eigenvalue weighted by Crippen LogP contribution is -2.41. The third-order valence-corrected chi connectivity index (χ3v) is 4.96. The van der Waals surface area contributed by atoms with Gasteiger partial charge in [0.25, 0.3) is 0 Å². The summed E-state index contributed by atoms with van der Waals surface area (Å²) >= 11 is 1.87. The van der Waals surface area contributed by atoms with E-state index >= 15 is 0 Å². The Hall–Kier alpha value is -0.590. The van der Waals surface area contributed by atoms with Crippen LogP contribution in [0.2, 0.25) is 0 Å². The molecule has 148 valence electrons. The average Bonchev–Trinajstić information content (AvgIpc) is 2.52. The molecule has 0 fully saturated rings. The molecule has 0 radical (unpaired) electrons. The van der Waals surface area contributed by atoms with Crippen molar-refractivity contribution < 1.29 is 19.1 Å². The summed E-state index contributed by atoms with van der Waals surface area (Å²) in [6.07, 6.45) is 0.812. The number of nitrogens with one attached hydrogen (secondary N) is 1. The average molecular weight is 376 g/mol. The molecule has 25 heavy (non-hydrogen) atoms. The zero-order valence-corrected chi connectivity index (χ0v) is 17.6. The molecule has 0 aromatic heterocycles. The number of thioether (sulfide) groups is 1. The lowest BCUT2D eigenvalue weighted by atomic mass is 10.1. The van der Waals surface area contributed by atoms with Gasteiger partial charge in [0.1, 0.15) is 5.78 Å². The van der Waals surface area contributed by atoms with Gasteiger partial charge < -0.3 is 14.8 Å². The van der Waals surface area contributed by atoms with Gasteiger partial charge in [-0.1, -0.05) is 41.5 Å². The van der Waals surface area contributed by atoms with E-state index in [-0.39, 0.29) is 23.7 Å². The fourth-order valence-electron chi connectivity index (χ4n) is 1.92. The number of hydrogen-bond acceptors (Lipinski definition) is 5. The molecule has 1 amide bonds. The van der Waals surface area contributed by atoms with Crippen molar-refractivity contribution in [3.05, 3.63) is 0 Å². The fourth-order valence-corrected chi connectivity index (χ4v) is 2.98. The van der Waals surface area contributed by atoms with Gasteiger partial charge in [-0.05, 0) is 11.2 Å². The molecule has 0 rings (SSSR count). The molecule has 0 heterocycles. The van der Waals surface area contributed by atoms with Crippen molar-refractivity contribution in [2.24, 2.45) is 11.8 Å². The summed E-state index contributed by atoms with van der Waals surface area (Å²) in [5, 5.41) is 3.66. The molecule has 0 bridgehead atoms. The summed E-state index contributed by atoms with van der Waals surface area (Å²) in [5.41, 5.74) is 0. The summed E-state index contributed by atoms with van der Waals surface area (Å²) in [5.74, 6) is 1.66. The van der Waals surface area contributed by atoms with E-state index < -0.39 is 0 Å². The van der Waals surface area contributed by atoms with Crippen molar-refractivity contribution in [1.82, 2.24) is 5.32 Å². The molecule has 0 saturated heterocycles. The Balaban J connectivity index is 3.69. The quantitative estimate of drug-likeness (QED) is 0.445. The number of rotatable bonds is 15. The smallest absolute Gasteiger partial charge is 0.222 e. The topological polar surface area (TPSA) is 64.6 Å². The van der Waals surface area contributed by atoms with E-state index in [9.17, 15) is 9.59 Å². The Labute approximate surface area is 158 Å². The zero-order chi connectivity index (χ0) is 19.2. The third-order valence-electron chi connectivity index (χ3n) is 3.74. The summed E-state index contributed by atoms with van der Waals surface area (Å²) in [6.45, 7) is 14.1. The van der Waals surface area contributed by atoms with E-state index in [2.05, 4.69) is 33.0 Å². The molecule has 6 heteroatoms. The molecule has 0 aromatic carbocycles. The maximum absolute atomic E-state index is 12.0. The van der Waals surface area contributed by atoms with Crippen LogP contribution >= 0.6 is 11.8 Å². The van der Waals surface area contributed by atoms with E-state index in [1.165, 1.54) is 0 Å². The molecule has 1 unspecified atom stereocenters. The van der Waals surface area contributed by atoms with Gasteiger partial charge in [0, 0.05) is 30.6 Å². The fraction of sp³-hybridized carbons (Fsp3) is 0.895. The van der Waals surface area contributed by atoms with Crippen molar-refractivity contribution >= 4 is 23.5 Å². The highest BCUT2D eigenvalue weighted by molar-refractivity contribution is 7.99. The first-order valence-electron chi connectivity index (χ1n) is 9.33. The van der Waals surface area contributed by atoms with Crippen LogP contribution in [0, 0.1) is 11.8 Å². The van der Waals surface area contributed by atoms with Crippen LogP contribution in [-0.2, 0) is 19.1 Å². The number of carbonyl (C=O) groups excluding carboxylic acids is 2.